The number of piperazine rings is 1. The van der Waals surface area contributed by atoms with Crippen LogP contribution < -0.4 is 13.8 Å². The fraction of sp³-hybridized carbons (Fsp3) is 0.424. The summed E-state index contributed by atoms with van der Waals surface area (Å²) in [5.74, 6) is -0.674. The van der Waals surface area contributed by atoms with Crippen molar-refractivity contribution in [2.24, 2.45) is 0 Å². The average Bonchev–Trinajstić information content (AvgIpc) is 3.33. The minimum absolute atomic E-state index is 0.0599. The Hall–Kier alpha value is -3.91. The molecule has 14 heteroatoms. The van der Waals surface area contributed by atoms with Crippen molar-refractivity contribution >= 4 is 39.3 Å². The van der Waals surface area contributed by atoms with Gasteiger partial charge in [0, 0.05) is 61.1 Å². The SMILES string of the molecule is CCOc1ncccc1C1(C2CC(N3CCN(C)CC3)CCN2C(=O)O)C(=O)N(S(=O)(=O)c2ccccc2OC)c2ccc(Cl)cc21. The van der Waals surface area contributed by atoms with Crippen molar-refractivity contribution in [2.75, 3.05) is 57.8 Å². The highest BCUT2D eigenvalue weighted by Crippen LogP contribution is 2.55. The quantitative estimate of drug-likeness (QED) is 0.373. The predicted molar refractivity (Wildman–Crippen MR) is 176 cm³/mol. The van der Waals surface area contributed by atoms with E-state index in [0.717, 1.165) is 30.5 Å². The summed E-state index contributed by atoms with van der Waals surface area (Å²) in [6.07, 6.45) is 1.13. The lowest BCUT2D eigenvalue weighted by atomic mass is 9.66. The van der Waals surface area contributed by atoms with Crippen molar-refractivity contribution < 1.29 is 32.6 Å². The summed E-state index contributed by atoms with van der Waals surface area (Å²) in [5, 5.41) is 10.9. The zero-order chi connectivity index (χ0) is 33.5. The molecule has 6 rings (SSSR count). The second-order valence-corrected chi connectivity index (χ2v) is 14.2. The van der Waals surface area contributed by atoms with Gasteiger partial charge in [-0.05, 0) is 63.2 Å². The van der Waals surface area contributed by atoms with E-state index < -0.39 is 33.5 Å². The van der Waals surface area contributed by atoms with Crippen molar-refractivity contribution in [3.8, 4) is 11.6 Å². The number of carbonyl (C=O) groups is 2. The Morgan fingerprint density at radius 2 is 1.81 bits per heavy atom. The molecule has 2 amide bonds. The molecule has 0 spiro atoms. The molecule has 0 saturated carbocycles. The van der Waals surface area contributed by atoms with Crippen LogP contribution in [0.3, 0.4) is 0 Å². The number of fused-ring (bicyclic) bond motifs is 1. The molecule has 4 heterocycles. The summed E-state index contributed by atoms with van der Waals surface area (Å²) < 4.78 is 41.5. The van der Waals surface area contributed by atoms with Crippen LogP contribution in [-0.4, -0.2) is 111 Å². The third-order valence-corrected chi connectivity index (χ3v) is 11.5. The van der Waals surface area contributed by atoms with E-state index in [-0.39, 0.29) is 64.0 Å². The number of piperidine rings is 1. The first-order valence-corrected chi connectivity index (χ1v) is 17.4. The summed E-state index contributed by atoms with van der Waals surface area (Å²) in [7, 11) is -1.19. The number of pyridine rings is 1. The number of carboxylic acid groups (broad SMARTS) is 1. The van der Waals surface area contributed by atoms with E-state index >= 15 is 4.79 Å². The smallest absolute Gasteiger partial charge is 0.407 e. The maximum atomic E-state index is 15.5. The zero-order valence-corrected chi connectivity index (χ0v) is 28.1. The number of methoxy groups -OCH3 is 1. The summed E-state index contributed by atoms with van der Waals surface area (Å²) in [5.41, 5.74) is -1.29. The number of para-hydroxylation sites is 1. The fourth-order valence-corrected chi connectivity index (χ4v) is 9.17. The maximum Gasteiger partial charge on any atom is 0.407 e. The molecule has 3 aliphatic heterocycles. The second kappa shape index (κ2) is 12.9. The van der Waals surface area contributed by atoms with Gasteiger partial charge in [0.25, 0.3) is 15.9 Å². The highest BCUT2D eigenvalue weighted by Gasteiger charge is 2.64. The molecule has 0 radical (unpaired) electrons. The molecule has 3 unspecified atom stereocenters. The van der Waals surface area contributed by atoms with Crippen LogP contribution in [0.1, 0.15) is 30.9 Å². The van der Waals surface area contributed by atoms with Gasteiger partial charge in [0.15, 0.2) is 0 Å². The number of anilines is 1. The van der Waals surface area contributed by atoms with Crippen LogP contribution >= 0.6 is 11.6 Å². The van der Waals surface area contributed by atoms with Crippen LogP contribution in [0, 0.1) is 0 Å². The van der Waals surface area contributed by atoms with Gasteiger partial charge in [0.2, 0.25) is 5.88 Å². The highest BCUT2D eigenvalue weighted by atomic mass is 35.5. The molecule has 12 nitrogen and oxygen atoms in total. The lowest BCUT2D eigenvalue weighted by Crippen LogP contribution is -2.64. The van der Waals surface area contributed by atoms with Crippen LogP contribution in [0.5, 0.6) is 11.6 Å². The van der Waals surface area contributed by atoms with Crippen molar-refractivity contribution in [3.63, 3.8) is 0 Å². The number of carbonyl (C=O) groups excluding carboxylic acids is 1. The number of hydrogen-bond acceptors (Lipinski definition) is 9. The first-order chi connectivity index (χ1) is 22.5. The zero-order valence-electron chi connectivity index (χ0n) is 26.5. The fourth-order valence-electron chi connectivity index (χ4n) is 7.36. The van der Waals surface area contributed by atoms with E-state index in [0.29, 0.717) is 6.42 Å². The van der Waals surface area contributed by atoms with Gasteiger partial charge in [-0.1, -0.05) is 29.8 Å². The summed E-state index contributed by atoms with van der Waals surface area (Å²) in [4.78, 5) is 38.7. The number of benzene rings is 2. The lowest BCUT2D eigenvalue weighted by molar-refractivity contribution is -0.123. The van der Waals surface area contributed by atoms with Gasteiger partial charge in [-0.15, -0.1) is 0 Å². The number of amides is 2. The van der Waals surface area contributed by atoms with E-state index in [4.69, 9.17) is 21.1 Å². The molecule has 1 N–H and O–H groups in total. The van der Waals surface area contributed by atoms with E-state index in [2.05, 4.69) is 21.8 Å². The van der Waals surface area contributed by atoms with Gasteiger partial charge >= 0.3 is 6.09 Å². The molecule has 3 atom stereocenters. The number of halogens is 1. The van der Waals surface area contributed by atoms with E-state index in [1.165, 1.54) is 42.5 Å². The third kappa shape index (κ3) is 5.48. The van der Waals surface area contributed by atoms with Crippen molar-refractivity contribution in [2.45, 2.75) is 42.2 Å². The molecule has 0 bridgehead atoms. The summed E-state index contributed by atoms with van der Waals surface area (Å²) in [6.45, 7) is 5.41. The van der Waals surface area contributed by atoms with Crippen LogP contribution in [0.2, 0.25) is 5.02 Å². The van der Waals surface area contributed by atoms with Crippen molar-refractivity contribution in [1.82, 2.24) is 19.7 Å². The predicted octanol–water partition coefficient (Wildman–Crippen LogP) is 3.92. The van der Waals surface area contributed by atoms with Crippen LogP contribution in [0.15, 0.2) is 65.7 Å². The van der Waals surface area contributed by atoms with Gasteiger partial charge < -0.3 is 24.4 Å². The Bertz CT molecular complexity index is 1780. The Kier molecular flexibility index (Phi) is 9.09. The topological polar surface area (TPSA) is 133 Å². The molecular formula is C33H38ClN5O7S. The van der Waals surface area contributed by atoms with Gasteiger partial charge in [0.05, 0.1) is 25.4 Å². The number of aromatic nitrogens is 1. The number of hydrogen-bond donors (Lipinski definition) is 1. The number of ether oxygens (including phenoxy) is 2. The monoisotopic (exact) mass is 683 g/mol. The van der Waals surface area contributed by atoms with Crippen LogP contribution in [0.25, 0.3) is 0 Å². The molecule has 0 aliphatic carbocycles. The van der Waals surface area contributed by atoms with Gasteiger partial charge in [-0.2, -0.15) is 0 Å². The first kappa shape index (κ1) is 33.0. The highest BCUT2D eigenvalue weighted by molar-refractivity contribution is 7.93. The number of likely N-dealkylation sites (N-methyl/N-ethyl adjacent to an activating group) is 1. The minimum atomic E-state index is -4.60. The number of likely N-dealkylation sites (tertiary alicyclic amines) is 1. The number of sulfonamides is 1. The second-order valence-electron chi connectivity index (χ2n) is 12.0. The van der Waals surface area contributed by atoms with Gasteiger partial charge in [-0.3, -0.25) is 9.69 Å². The van der Waals surface area contributed by atoms with Crippen LogP contribution in [-0.2, 0) is 20.2 Å². The molecule has 250 valence electrons. The molecule has 1 aromatic heterocycles. The lowest BCUT2D eigenvalue weighted by Gasteiger charge is -2.50. The Balaban J connectivity index is 1.63. The summed E-state index contributed by atoms with van der Waals surface area (Å²) in [6, 6.07) is 12.8. The van der Waals surface area contributed by atoms with E-state index in [1.54, 1.807) is 37.3 Å². The normalized spacial score (nSPS) is 23.9. The molecular weight excluding hydrogens is 646 g/mol. The van der Waals surface area contributed by atoms with Gasteiger partial charge in [0.1, 0.15) is 16.1 Å². The molecule has 2 saturated heterocycles. The van der Waals surface area contributed by atoms with Crippen molar-refractivity contribution in [3.05, 3.63) is 76.9 Å². The Labute approximate surface area is 279 Å². The molecule has 2 aromatic carbocycles. The average molecular weight is 684 g/mol. The Morgan fingerprint density at radius 3 is 2.51 bits per heavy atom. The molecule has 2 fully saturated rings. The van der Waals surface area contributed by atoms with Crippen molar-refractivity contribution in [1.29, 1.82) is 0 Å². The molecule has 47 heavy (non-hydrogen) atoms. The van der Waals surface area contributed by atoms with E-state index in [9.17, 15) is 18.3 Å². The maximum absolute atomic E-state index is 15.5. The first-order valence-electron chi connectivity index (χ1n) is 15.6. The van der Waals surface area contributed by atoms with Crippen LogP contribution in [0.4, 0.5) is 10.5 Å². The third-order valence-electron chi connectivity index (χ3n) is 9.56. The standard InChI is InChI=1S/C33H38ClN5O7S/c1-4-46-30-24(8-7-14-35-30)33(29-21-23(13-15-38(29)32(41)42)37-18-16-36(2)17-19-37)25-20-22(34)11-12-26(25)39(31(33)40)47(43,44)28-10-6-5-9-27(28)45-3/h5-12,14,20,23,29H,4,13,15-19,21H2,1-3H3,(H,41,42). The summed E-state index contributed by atoms with van der Waals surface area (Å²) >= 11 is 6.63. The largest absolute Gasteiger partial charge is 0.495 e. The minimum Gasteiger partial charge on any atom is -0.495 e. The molecule has 3 aliphatic rings. The number of rotatable bonds is 8. The number of nitrogens with zero attached hydrogens (tertiary/aromatic N) is 5. The molecule has 3 aromatic rings. The Morgan fingerprint density at radius 1 is 1.06 bits per heavy atom. The van der Waals surface area contributed by atoms with Gasteiger partial charge in [-0.25, -0.2) is 22.5 Å². The van der Waals surface area contributed by atoms with E-state index in [1.807, 2.05) is 0 Å².